The molecule has 0 saturated carbocycles. The molecule has 0 radical (unpaired) electrons. The van der Waals surface area contributed by atoms with E-state index in [4.69, 9.17) is 16.9 Å². The Bertz CT molecular complexity index is 451. The minimum absolute atomic E-state index is 0.142. The van der Waals surface area contributed by atoms with E-state index in [0.717, 1.165) is 11.3 Å². The van der Waals surface area contributed by atoms with E-state index in [-0.39, 0.29) is 18.4 Å². The molecule has 4 heteroatoms. The summed E-state index contributed by atoms with van der Waals surface area (Å²) in [5, 5.41) is 2.82. The summed E-state index contributed by atoms with van der Waals surface area (Å²) in [4.78, 5) is 11.7. The molecule has 1 aromatic carbocycles. The van der Waals surface area contributed by atoms with Crippen LogP contribution in [0.2, 0.25) is 0 Å². The van der Waals surface area contributed by atoms with E-state index in [9.17, 15) is 4.79 Å². The van der Waals surface area contributed by atoms with Gasteiger partial charge in [-0.3, -0.25) is 4.79 Å². The number of nitrogens with two attached hydrogens (primary N) is 1. The molecule has 0 spiro atoms. The second-order valence-electron chi connectivity index (χ2n) is 4.02. The van der Waals surface area contributed by atoms with Crippen molar-refractivity contribution in [3.63, 3.8) is 0 Å². The fraction of sp³-hybridized carbons (Fsp3) is 0.357. The standard InChI is InChI=1S/C14H18N2O2/c1-4-6-13(15)14(17)16-10(2)11-7-5-8-12(9-11)18-3/h1,5,7-10,13H,6,15H2,2-3H3,(H,16,17)/t10-,13?/m0/s1. The Balaban J connectivity index is 2.67. The van der Waals surface area contributed by atoms with E-state index < -0.39 is 6.04 Å². The zero-order chi connectivity index (χ0) is 13.5. The van der Waals surface area contributed by atoms with Crippen molar-refractivity contribution in [3.05, 3.63) is 29.8 Å². The van der Waals surface area contributed by atoms with Crippen molar-refractivity contribution in [1.82, 2.24) is 5.32 Å². The minimum Gasteiger partial charge on any atom is -0.497 e. The lowest BCUT2D eigenvalue weighted by molar-refractivity contribution is -0.122. The highest BCUT2D eigenvalue weighted by atomic mass is 16.5. The summed E-state index contributed by atoms with van der Waals surface area (Å²) >= 11 is 0. The van der Waals surface area contributed by atoms with Crippen LogP contribution in [0, 0.1) is 12.3 Å². The first-order valence-electron chi connectivity index (χ1n) is 5.72. The molecule has 1 unspecified atom stereocenters. The van der Waals surface area contributed by atoms with Crippen LogP contribution in [0.1, 0.15) is 24.9 Å². The number of rotatable bonds is 5. The Morgan fingerprint density at radius 3 is 2.94 bits per heavy atom. The first-order valence-corrected chi connectivity index (χ1v) is 5.72. The molecule has 0 fully saturated rings. The second-order valence-corrected chi connectivity index (χ2v) is 4.02. The molecule has 0 aliphatic rings. The summed E-state index contributed by atoms with van der Waals surface area (Å²) in [6.07, 6.45) is 5.35. The van der Waals surface area contributed by atoms with Gasteiger partial charge in [-0.1, -0.05) is 12.1 Å². The number of ether oxygens (including phenoxy) is 1. The number of amides is 1. The van der Waals surface area contributed by atoms with Crippen molar-refractivity contribution in [2.75, 3.05) is 7.11 Å². The molecule has 0 heterocycles. The van der Waals surface area contributed by atoms with E-state index in [0.29, 0.717) is 0 Å². The molecule has 1 amide bonds. The van der Waals surface area contributed by atoms with Crippen molar-refractivity contribution < 1.29 is 9.53 Å². The predicted octanol–water partition coefficient (Wildman–Crippen LogP) is 1.22. The normalized spacial score (nSPS) is 13.2. The topological polar surface area (TPSA) is 64.4 Å². The molecule has 3 N–H and O–H groups in total. The fourth-order valence-electron chi connectivity index (χ4n) is 1.53. The average Bonchev–Trinajstić information content (AvgIpc) is 2.39. The van der Waals surface area contributed by atoms with Gasteiger partial charge in [0.1, 0.15) is 5.75 Å². The molecular formula is C14H18N2O2. The van der Waals surface area contributed by atoms with Gasteiger partial charge in [-0.2, -0.15) is 0 Å². The van der Waals surface area contributed by atoms with Crippen molar-refractivity contribution in [1.29, 1.82) is 0 Å². The zero-order valence-corrected chi connectivity index (χ0v) is 10.6. The fourth-order valence-corrected chi connectivity index (χ4v) is 1.53. The van der Waals surface area contributed by atoms with Crippen LogP contribution < -0.4 is 15.8 Å². The quantitative estimate of drug-likeness (QED) is 0.768. The number of hydrogen-bond acceptors (Lipinski definition) is 3. The van der Waals surface area contributed by atoms with Gasteiger partial charge < -0.3 is 15.8 Å². The van der Waals surface area contributed by atoms with Crippen LogP contribution in [0.25, 0.3) is 0 Å². The number of terminal acetylenes is 1. The van der Waals surface area contributed by atoms with Crippen LogP contribution in [0.4, 0.5) is 0 Å². The van der Waals surface area contributed by atoms with E-state index in [1.54, 1.807) is 7.11 Å². The SMILES string of the molecule is C#CCC(N)C(=O)N[C@@H](C)c1cccc(OC)c1. The van der Waals surface area contributed by atoms with Crippen LogP contribution in [0.3, 0.4) is 0 Å². The lowest BCUT2D eigenvalue weighted by Gasteiger charge is -2.17. The van der Waals surface area contributed by atoms with E-state index in [1.807, 2.05) is 31.2 Å². The number of benzene rings is 1. The lowest BCUT2D eigenvalue weighted by Crippen LogP contribution is -2.41. The molecular weight excluding hydrogens is 228 g/mol. The van der Waals surface area contributed by atoms with Crippen LogP contribution in [0.5, 0.6) is 5.75 Å². The number of nitrogens with one attached hydrogen (secondary N) is 1. The van der Waals surface area contributed by atoms with Gasteiger partial charge >= 0.3 is 0 Å². The highest BCUT2D eigenvalue weighted by molar-refractivity contribution is 5.82. The average molecular weight is 246 g/mol. The molecule has 0 bridgehead atoms. The third-order valence-electron chi connectivity index (χ3n) is 2.63. The summed E-state index contributed by atoms with van der Waals surface area (Å²) in [6, 6.07) is 6.71. The smallest absolute Gasteiger partial charge is 0.238 e. The van der Waals surface area contributed by atoms with Gasteiger partial charge in [0.15, 0.2) is 0 Å². The van der Waals surface area contributed by atoms with Gasteiger partial charge in [-0.15, -0.1) is 12.3 Å². The van der Waals surface area contributed by atoms with E-state index in [1.165, 1.54) is 0 Å². The molecule has 0 aliphatic carbocycles. The Hall–Kier alpha value is -1.99. The lowest BCUT2D eigenvalue weighted by atomic mass is 10.1. The molecule has 18 heavy (non-hydrogen) atoms. The monoisotopic (exact) mass is 246 g/mol. The van der Waals surface area contributed by atoms with Gasteiger partial charge in [-0.05, 0) is 24.6 Å². The highest BCUT2D eigenvalue weighted by Gasteiger charge is 2.15. The van der Waals surface area contributed by atoms with Gasteiger partial charge in [0.25, 0.3) is 0 Å². The van der Waals surface area contributed by atoms with Crippen molar-refractivity contribution >= 4 is 5.91 Å². The summed E-state index contributed by atoms with van der Waals surface area (Å²) < 4.78 is 5.13. The summed E-state index contributed by atoms with van der Waals surface area (Å²) in [5.41, 5.74) is 6.59. The van der Waals surface area contributed by atoms with Crippen molar-refractivity contribution in [2.45, 2.75) is 25.4 Å². The van der Waals surface area contributed by atoms with Crippen LogP contribution >= 0.6 is 0 Å². The number of carbonyl (C=O) groups excluding carboxylic acids is 1. The molecule has 1 rings (SSSR count). The zero-order valence-electron chi connectivity index (χ0n) is 10.6. The third-order valence-corrected chi connectivity index (χ3v) is 2.63. The first kappa shape index (κ1) is 14.1. The van der Waals surface area contributed by atoms with Crippen molar-refractivity contribution in [3.8, 4) is 18.1 Å². The maximum atomic E-state index is 11.7. The van der Waals surface area contributed by atoms with Gasteiger partial charge in [0.05, 0.1) is 19.2 Å². The van der Waals surface area contributed by atoms with E-state index in [2.05, 4.69) is 11.2 Å². The molecule has 0 aromatic heterocycles. The Labute approximate surface area is 108 Å². The first-order chi connectivity index (χ1) is 8.58. The number of carbonyl (C=O) groups is 1. The molecule has 0 saturated heterocycles. The Morgan fingerprint density at radius 1 is 1.61 bits per heavy atom. The number of hydrogen-bond donors (Lipinski definition) is 2. The minimum atomic E-state index is -0.664. The maximum Gasteiger partial charge on any atom is 0.238 e. The molecule has 4 nitrogen and oxygen atoms in total. The van der Waals surface area contributed by atoms with E-state index >= 15 is 0 Å². The molecule has 2 atom stereocenters. The third kappa shape index (κ3) is 3.79. The Kier molecular flexibility index (Phi) is 5.22. The largest absolute Gasteiger partial charge is 0.497 e. The van der Waals surface area contributed by atoms with Gasteiger partial charge in [0.2, 0.25) is 5.91 Å². The predicted molar refractivity (Wildman–Crippen MR) is 71.0 cm³/mol. The molecule has 0 aliphatic heterocycles. The summed E-state index contributed by atoms with van der Waals surface area (Å²) in [5.74, 6) is 2.88. The Morgan fingerprint density at radius 2 is 2.33 bits per heavy atom. The summed E-state index contributed by atoms with van der Waals surface area (Å²) in [7, 11) is 1.60. The van der Waals surface area contributed by atoms with Crippen LogP contribution in [-0.4, -0.2) is 19.1 Å². The summed E-state index contributed by atoms with van der Waals surface area (Å²) in [6.45, 7) is 1.88. The number of methoxy groups -OCH3 is 1. The molecule has 96 valence electrons. The van der Waals surface area contributed by atoms with Crippen LogP contribution in [-0.2, 0) is 4.79 Å². The van der Waals surface area contributed by atoms with Crippen molar-refractivity contribution in [2.24, 2.45) is 5.73 Å². The highest BCUT2D eigenvalue weighted by Crippen LogP contribution is 2.18. The second kappa shape index (κ2) is 6.67. The molecule has 1 aromatic rings. The van der Waals surface area contributed by atoms with Crippen LogP contribution in [0.15, 0.2) is 24.3 Å². The maximum absolute atomic E-state index is 11.7. The van der Waals surface area contributed by atoms with Gasteiger partial charge in [-0.25, -0.2) is 0 Å². The van der Waals surface area contributed by atoms with Gasteiger partial charge in [0, 0.05) is 6.42 Å².